The Hall–Kier alpha value is -0.750. The average molecular weight is 248 g/mol. The number of amides is 1. The van der Waals surface area contributed by atoms with E-state index >= 15 is 0 Å². The third kappa shape index (κ3) is 7.53. The van der Waals surface area contributed by atoms with Crippen molar-refractivity contribution in [1.82, 2.24) is 5.32 Å². The van der Waals surface area contributed by atoms with E-state index in [9.17, 15) is 9.59 Å². The Morgan fingerprint density at radius 1 is 1.44 bits per heavy atom. The summed E-state index contributed by atoms with van der Waals surface area (Å²) in [7, 11) is 0. The van der Waals surface area contributed by atoms with Crippen LogP contribution in [0.1, 0.15) is 26.2 Å². The van der Waals surface area contributed by atoms with Crippen LogP contribution in [-0.4, -0.2) is 41.1 Å². The topological polar surface area (TPSA) is 92.4 Å². The van der Waals surface area contributed by atoms with Gasteiger partial charge in [0.1, 0.15) is 6.04 Å². The second-order valence-electron chi connectivity index (χ2n) is 3.76. The lowest BCUT2D eigenvalue weighted by Crippen LogP contribution is -2.41. The van der Waals surface area contributed by atoms with Crippen molar-refractivity contribution < 1.29 is 14.7 Å². The van der Waals surface area contributed by atoms with Crippen LogP contribution in [0.25, 0.3) is 0 Å². The number of nitrogens with two attached hydrogens (primary N) is 1. The monoisotopic (exact) mass is 248 g/mol. The second kappa shape index (κ2) is 8.41. The summed E-state index contributed by atoms with van der Waals surface area (Å²) in [5.74, 6) is -0.515. The van der Waals surface area contributed by atoms with Gasteiger partial charge in [-0.25, -0.2) is 4.79 Å². The molecule has 0 spiro atoms. The molecule has 2 atom stereocenters. The maximum atomic E-state index is 11.4. The fourth-order valence-electron chi connectivity index (χ4n) is 1.12. The minimum Gasteiger partial charge on any atom is -0.480 e. The fraction of sp³-hybridized carbons (Fsp3) is 0.800. The van der Waals surface area contributed by atoms with Crippen molar-refractivity contribution >= 4 is 23.6 Å². The first kappa shape index (κ1) is 15.2. The maximum Gasteiger partial charge on any atom is 0.326 e. The molecule has 0 aromatic rings. The Kier molecular flexibility index (Phi) is 8.01. The van der Waals surface area contributed by atoms with Gasteiger partial charge in [0.2, 0.25) is 5.91 Å². The van der Waals surface area contributed by atoms with Gasteiger partial charge in [-0.2, -0.15) is 11.8 Å². The highest BCUT2D eigenvalue weighted by atomic mass is 32.2. The Bertz CT molecular complexity index is 234. The highest BCUT2D eigenvalue weighted by Gasteiger charge is 2.19. The van der Waals surface area contributed by atoms with E-state index in [1.807, 2.05) is 13.2 Å². The van der Waals surface area contributed by atoms with Crippen LogP contribution in [0.2, 0.25) is 0 Å². The van der Waals surface area contributed by atoms with E-state index in [4.69, 9.17) is 10.8 Å². The summed E-state index contributed by atoms with van der Waals surface area (Å²) in [4.78, 5) is 22.2. The summed E-state index contributed by atoms with van der Waals surface area (Å²) < 4.78 is 0. The summed E-state index contributed by atoms with van der Waals surface area (Å²) >= 11 is 1.56. The maximum absolute atomic E-state index is 11.4. The molecule has 94 valence electrons. The van der Waals surface area contributed by atoms with Crippen molar-refractivity contribution in [1.29, 1.82) is 0 Å². The molecular formula is C10H20N2O3S. The van der Waals surface area contributed by atoms with Crippen molar-refractivity contribution in [3.05, 3.63) is 0 Å². The number of hydrogen-bond acceptors (Lipinski definition) is 4. The predicted octanol–water partition coefficient (Wildman–Crippen LogP) is 0.436. The lowest BCUT2D eigenvalue weighted by atomic mass is 10.1. The van der Waals surface area contributed by atoms with Gasteiger partial charge in [0, 0.05) is 12.5 Å². The largest absolute Gasteiger partial charge is 0.480 e. The van der Waals surface area contributed by atoms with Crippen LogP contribution in [0.4, 0.5) is 0 Å². The molecule has 0 bridgehead atoms. The third-order valence-corrected chi connectivity index (χ3v) is 2.71. The minimum absolute atomic E-state index is 0.0415. The first-order chi connectivity index (χ1) is 7.47. The van der Waals surface area contributed by atoms with E-state index < -0.39 is 12.0 Å². The fourth-order valence-corrected chi connectivity index (χ4v) is 1.59. The van der Waals surface area contributed by atoms with Crippen molar-refractivity contribution in [2.45, 2.75) is 38.3 Å². The molecule has 1 amide bonds. The summed E-state index contributed by atoms with van der Waals surface area (Å²) in [5.41, 5.74) is 5.51. The lowest BCUT2D eigenvalue weighted by Gasteiger charge is -2.14. The van der Waals surface area contributed by atoms with Gasteiger partial charge in [-0.15, -0.1) is 0 Å². The lowest BCUT2D eigenvalue weighted by molar-refractivity contribution is -0.141. The molecule has 0 aliphatic heterocycles. The van der Waals surface area contributed by atoms with E-state index in [0.29, 0.717) is 18.6 Å². The molecular weight excluding hydrogens is 228 g/mol. The van der Waals surface area contributed by atoms with Crippen LogP contribution < -0.4 is 11.1 Å². The number of hydrogen-bond donors (Lipinski definition) is 3. The predicted molar refractivity (Wildman–Crippen MR) is 65.4 cm³/mol. The van der Waals surface area contributed by atoms with Crippen molar-refractivity contribution in [2.24, 2.45) is 5.73 Å². The van der Waals surface area contributed by atoms with E-state index in [2.05, 4.69) is 5.32 Å². The van der Waals surface area contributed by atoms with Crippen LogP contribution in [0.3, 0.4) is 0 Å². The first-order valence-electron chi connectivity index (χ1n) is 5.24. The van der Waals surface area contributed by atoms with Gasteiger partial charge in [0.25, 0.3) is 0 Å². The molecule has 0 rings (SSSR count). The normalized spacial score (nSPS) is 14.2. The molecule has 0 aromatic heterocycles. The summed E-state index contributed by atoms with van der Waals surface area (Å²) in [6.45, 7) is 1.82. The van der Waals surface area contributed by atoms with Crippen LogP contribution in [0.5, 0.6) is 0 Å². The smallest absolute Gasteiger partial charge is 0.326 e. The molecule has 0 aromatic carbocycles. The Balaban J connectivity index is 3.98. The number of carboxylic acids is 1. The van der Waals surface area contributed by atoms with Gasteiger partial charge < -0.3 is 16.2 Å². The highest BCUT2D eigenvalue weighted by molar-refractivity contribution is 7.98. The SMILES string of the molecule is CSCC[C@H](NC(=O)CCC(C)N)C(=O)O. The average Bonchev–Trinajstić information content (AvgIpc) is 2.20. The molecule has 6 heteroatoms. The zero-order chi connectivity index (χ0) is 12.6. The van der Waals surface area contributed by atoms with E-state index in [1.54, 1.807) is 11.8 Å². The van der Waals surface area contributed by atoms with Gasteiger partial charge in [0.05, 0.1) is 0 Å². The van der Waals surface area contributed by atoms with E-state index in [1.165, 1.54) is 0 Å². The summed E-state index contributed by atoms with van der Waals surface area (Å²) in [6, 6.07) is -0.826. The quantitative estimate of drug-likeness (QED) is 0.579. The standard InChI is InChI=1S/C10H20N2O3S/c1-7(11)3-4-9(13)12-8(10(14)15)5-6-16-2/h7-8H,3-6,11H2,1-2H3,(H,12,13)(H,14,15)/t7?,8-/m0/s1. The molecule has 5 nitrogen and oxygen atoms in total. The molecule has 0 saturated carbocycles. The van der Waals surface area contributed by atoms with Crippen LogP contribution in [0, 0.1) is 0 Å². The molecule has 0 saturated heterocycles. The molecule has 0 fully saturated rings. The molecule has 0 radical (unpaired) electrons. The van der Waals surface area contributed by atoms with Crippen molar-refractivity contribution in [3.8, 4) is 0 Å². The summed E-state index contributed by atoms with van der Waals surface area (Å²) in [5, 5.41) is 11.4. The zero-order valence-corrected chi connectivity index (χ0v) is 10.5. The van der Waals surface area contributed by atoms with Crippen LogP contribution >= 0.6 is 11.8 Å². The minimum atomic E-state index is -0.983. The van der Waals surface area contributed by atoms with Crippen molar-refractivity contribution in [2.75, 3.05) is 12.0 Å². The number of carbonyl (C=O) groups is 2. The molecule has 0 aliphatic rings. The number of thioether (sulfide) groups is 1. The summed E-state index contributed by atoms with van der Waals surface area (Å²) in [6.07, 6.45) is 3.19. The molecule has 16 heavy (non-hydrogen) atoms. The highest BCUT2D eigenvalue weighted by Crippen LogP contribution is 2.02. The van der Waals surface area contributed by atoms with Crippen LogP contribution in [-0.2, 0) is 9.59 Å². The van der Waals surface area contributed by atoms with Gasteiger partial charge in [-0.05, 0) is 31.8 Å². The number of rotatable bonds is 8. The second-order valence-corrected chi connectivity index (χ2v) is 4.74. The van der Waals surface area contributed by atoms with E-state index in [0.717, 1.165) is 0 Å². The zero-order valence-electron chi connectivity index (χ0n) is 9.73. The number of carbonyl (C=O) groups excluding carboxylic acids is 1. The van der Waals surface area contributed by atoms with E-state index in [-0.39, 0.29) is 18.4 Å². The first-order valence-corrected chi connectivity index (χ1v) is 6.63. The molecule has 0 heterocycles. The molecule has 1 unspecified atom stereocenters. The molecule has 4 N–H and O–H groups in total. The number of nitrogens with one attached hydrogen (secondary N) is 1. The Labute approximate surface area is 100 Å². The number of aliphatic carboxylic acids is 1. The molecule has 0 aliphatic carbocycles. The van der Waals surface area contributed by atoms with Crippen LogP contribution in [0.15, 0.2) is 0 Å². The Morgan fingerprint density at radius 2 is 2.06 bits per heavy atom. The number of carboxylic acid groups (broad SMARTS) is 1. The Morgan fingerprint density at radius 3 is 2.50 bits per heavy atom. The van der Waals surface area contributed by atoms with Gasteiger partial charge in [-0.3, -0.25) is 4.79 Å². The van der Waals surface area contributed by atoms with Gasteiger partial charge >= 0.3 is 5.97 Å². The van der Waals surface area contributed by atoms with Gasteiger partial charge in [-0.1, -0.05) is 0 Å². The van der Waals surface area contributed by atoms with Gasteiger partial charge in [0.15, 0.2) is 0 Å². The van der Waals surface area contributed by atoms with Crippen molar-refractivity contribution in [3.63, 3.8) is 0 Å². The third-order valence-electron chi connectivity index (χ3n) is 2.07.